The number of aliphatic hydroxyl groups is 1. The molecule has 0 bridgehead atoms. The fourth-order valence-corrected chi connectivity index (χ4v) is 5.04. The molecular weight excluding hydrogens is 344 g/mol. The Morgan fingerprint density at radius 3 is 2.63 bits per heavy atom. The number of aliphatic hydroxyl groups excluding tert-OH is 1. The zero-order valence-corrected chi connectivity index (χ0v) is 16.5. The molecule has 2 aliphatic heterocycles. The normalized spacial score (nSPS) is 36.0. The van der Waals surface area contributed by atoms with Gasteiger partial charge in [-0.3, -0.25) is 9.69 Å². The van der Waals surface area contributed by atoms with Crippen molar-refractivity contribution in [3.63, 3.8) is 0 Å². The minimum Gasteiger partial charge on any atom is -0.389 e. The number of amides is 1. The molecule has 154 valence electrons. The minimum absolute atomic E-state index is 0.00765. The van der Waals surface area contributed by atoms with Gasteiger partial charge >= 0.3 is 0 Å². The van der Waals surface area contributed by atoms with Crippen molar-refractivity contribution >= 4 is 5.91 Å². The predicted octanol–water partition coefficient (Wildman–Crippen LogP) is 1.70. The second-order valence-corrected chi connectivity index (χ2v) is 9.19. The van der Waals surface area contributed by atoms with Gasteiger partial charge in [0.15, 0.2) is 0 Å². The summed E-state index contributed by atoms with van der Waals surface area (Å²) in [6.45, 7) is 3.46. The van der Waals surface area contributed by atoms with Gasteiger partial charge in [-0.2, -0.15) is 0 Å². The third-order valence-corrected chi connectivity index (χ3v) is 6.75. The van der Waals surface area contributed by atoms with Crippen molar-refractivity contribution in [2.24, 2.45) is 11.8 Å². The van der Waals surface area contributed by atoms with Crippen LogP contribution >= 0.6 is 0 Å². The highest BCUT2D eigenvalue weighted by atomic mass is 16.5. The fourth-order valence-electron chi connectivity index (χ4n) is 5.04. The van der Waals surface area contributed by atoms with E-state index >= 15 is 0 Å². The largest absolute Gasteiger partial charge is 0.389 e. The highest BCUT2D eigenvalue weighted by molar-refractivity contribution is 5.76. The van der Waals surface area contributed by atoms with E-state index in [1.165, 1.54) is 38.5 Å². The van der Waals surface area contributed by atoms with Crippen molar-refractivity contribution in [1.29, 1.82) is 0 Å². The predicted molar refractivity (Wildman–Crippen MR) is 102 cm³/mol. The lowest BCUT2D eigenvalue weighted by Gasteiger charge is -2.45. The summed E-state index contributed by atoms with van der Waals surface area (Å²) in [6, 6.07) is 0.298. The van der Waals surface area contributed by atoms with Crippen molar-refractivity contribution < 1.29 is 19.4 Å². The van der Waals surface area contributed by atoms with Crippen molar-refractivity contribution in [3.8, 4) is 0 Å². The number of carbonyl (C=O) groups excluding carboxylic acids is 1. The average Bonchev–Trinajstić information content (AvgIpc) is 3.33. The standard InChI is InChI=1S/C21H36N2O4/c24-17-12-23(11-16-3-1-2-4-16)19-8-7-18(27-20(19)14-26-13-17)9-21(25)22-10-15-5-6-15/h15-20,24H,1-14H2,(H,22,25)/t17-,18+,19+,20-/m1/s1. The van der Waals surface area contributed by atoms with Crippen molar-refractivity contribution in [1.82, 2.24) is 10.2 Å². The third-order valence-electron chi connectivity index (χ3n) is 6.75. The number of ether oxygens (including phenoxy) is 2. The molecule has 6 nitrogen and oxygen atoms in total. The Bertz CT molecular complexity index is 493. The summed E-state index contributed by atoms with van der Waals surface area (Å²) in [5, 5.41) is 13.3. The number of nitrogens with one attached hydrogen (secondary N) is 1. The molecule has 0 unspecified atom stereocenters. The lowest BCUT2D eigenvalue weighted by molar-refractivity contribution is -0.158. The quantitative estimate of drug-likeness (QED) is 0.734. The topological polar surface area (TPSA) is 71.0 Å². The van der Waals surface area contributed by atoms with E-state index in [0.717, 1.165) is 31.8 Å². The van der Waals surface area contributed by atoms with Crippen molar-refractivity contribution in [2.45, 2.75) is 82.1 Å². The molecule has 4 aliphatic rings. The van der Waals surface area contributed by atoms with Crippen LogP contribution in [0.5, 0.6) is 0 Å². The first kappa shape index (κ1) is 19.6. The van der Waals surface area contributed by atoms with E-state index in [0.29, 0.717) is 38.1 Å². The number of rotatable bonds is 6. The van der Waals surface area contributed by atoms with Gasteiger partial charge in [0.05, 0.1) is 37.9 Å². The molecule has 2 saturated carbocycles. The maximum absolute atomic E-state index is 12.2. The Kier molecular flexibility index (Phi) is 6.69. The molecule has 0 aromatic rings. The summed E-state index contributed by atoms with van der Waals surface area (Å²) < 4.78 is 12.1. The van der Waals surface area contributed by atoms with Crippen LogP contribution in [0.4, 0.5) is 0 Å². The second kappa shape index (κ2) is 9.21. The SMILES string of the molecule is O=C(C[C@@H]1CC[C@H]2[C@@H](COC[C@H](O)CN2CC2CCCC2)O1)NCC1CC1. The van der Waals surface area contributed by atoms with Crippen LogP contribution in [0.3, 0.4) is 0 Å². The zero-order valence-electron chi connectivity index (χ0n) is 16.5. The summed E-state index contributed by atoms with van der Waals surface area (Å²) in [4.78, 5) is 14.7. The summed E-state index contributed by atoms with van der Waals surface area (Å²) in [6.07, 6.45) is 9.79. The van der Waals surface area contributed by atoms with E-state index in [1.807, 2.05) is 0 Å². The van der Waals surface area contributed by atoms with Crippen LogP contribution in [0.1, 0.15) is 57.8 Å². The molecule has 2 saturated heterocycles. The molecule has 4 atom stereocenters. The number of carbonyl (C=O) groups is 1. The second-order valence-electron chi connectivity index (χ2n) is 9.19. The number of hydrogen-bond acceptors (Lipinski definition) is 5. The van der Waals surface area contributed by atoms with E-state index in [9.17, 15) is 9.90 Å². The average molecular weight is 381 g/mol. The maximum atomic E-state index is 12.2. The van der Waals surface area contributed by atoms with E-state index in [4.69, 9.17) is 9.47 Å². The third kappa shape index (κ3) is 5.66. The molecule has 6 heteroatoms. The number of nitrogens with zero attached hydrogens (tertiary/aromatic N) is 1. The first-order valence-electron chi connectivity index (χ1n) is 11.1. The van der Waals surface area contributed by atoms with Crippen LogP contribution in [0.25, 0.3) is 0 Å². The Morgan fingerprint density at radius 2 is 1.85 bits per heavy atom. The van der Waals surface area contributed by atoms with Crippen LogP contribution in [0, 0.1) is 11.8 Å². The van der Waals surface area contributed by atoms with Gasteiger partial charge in [0.2, 0.25) is 5.91 Å². The number of hydrogen-bond donors (Lipinski definition) is 2. The van der Waals surface area contributed by atoms with Gasteiger partial charge in [-0.1, -0.05) is 12.8 Å². The molecule has 0 spiro atoms. The molecule has 0 aromatic heterocycles. The molecule has 27 heavy (non-hydrogen) atoms. The van der Waals surface area contributed by atoms with Crippen LogP contribution in [-0.2, 0) is 14.3 Å². The maximum Gasteiger partial charge on any atom is 0.222 e. The van der Waals surface area contributed by atoms with Gasteiger partial charge in [-0.05, 0) is 50.4 Å². The van der Waals surface area contributed by atoms with Crippen LogP contribution in [0.15, 0.2) is 0 Å². The molecule has 0 aromatic carbocycles. The summed E-state index contributed by atoms with van der Waals surface area (Å²) in [5.41, 5.74) is 0. The monoisotopic (exact) mass is 380 g/mol. The fraction of sp³-hybridized carbons (Fsp3) is 0.952. The van der Waals surface area contributed by atoms with Gasteiger partial charge in [-0.25, -0.2) is 0 Å². The molecule has 2 heterocycles. The molecule has 4 rings (SSSR count). The Morgan fingerprint density at radius 1 is 1.04 bits per heavy atom. The number of β-amino-alcohol motifs (C(OH)–C–C–N with tert-alkyl or cyclic N) is 1. The van der Waals surface area contributed by atoms with Crippen LogP contribution in [-0.4, -0.2) is 73.1 Å². The van der Waals surface area contributed by atoms with E-state index in [1.54, 1.807) is 0 Å². The lowest BCUT2D eigenvalue weighted by Crippen LogP contribution is -2.56. The van der Waals surface area contributed by atoms with Crippen LogP contribution in [0.2, 0.25) is 0 Å². The minimum atomic E-state index is -0.418. The van der Waals surface area contributed by atoms with E-state index < -0.39 is 6.10 Å². The van der Waals surface area contributed by atoms with Gasteiger partial charge in [-0.15, -0.1) is 0 Å². The number of fused-ring (bicyclic) bond motifs is 1. The molecule has 0 radical (unpaired) electrons. The molecular formula is C21H36N2O4. The van der Waals surface area contributed by atoms with Crippen LogP contribution < -0.4 is 5.32 Å². The Balaban J connectivity index is 1.32. The lowest BCUT2D eigenvalue weighted by atomic mass is 9.93. The summed E-state index contributed by atoms with van der Waals surface area (Å²) in [7, 11) is 0. The first-order chi connectivity index (χ1) is 13.2. The van der Waals surface area contributed by atoms with Gasteiger partial charge < -0.3 is 19.9 Å². The molecule has 1 amide bonds. The van der Waals surface area contributed by atoms with Crippen molar-refractivity contribution in [2.75, 3.05) is 32.8 Å². The summed E-state index contributed by atoms with van der Waals surface area (Å²) >= 11 is 0. The highest BCUT2D eigenvalue weighted by Gasteiger charge is 2.39. The molecule has 2 N–H and O–H groups in total. The van der Waals surface area contributed by atoms with Gasteiger partial charge in [0.1, 0.15) is 0 Å². The zero-order chi connectivity index (χ0) is 18.6. The highest BCUT2D eigenvalue weighted by Crippen LogP contribution is 2.32. The molecule has 4 fully saturated rings. The van der Waals surface area contributed by atoms with Gasteiger partial charge in [0, 0.05) is 25.7 Å². The van der Waals surface area contributed by atoms with Crippen molar-refractivity contribution in [3.05, 3.63) is 0 Å². The molecule has 2 aliphatic carbocycles. The first-order valence-corrected chi connectivity index (χ1v) is 11.1. The summed E-state index contributed by atoms with van der Waals surface area (Å²) in [5.74, 6) is 1.58. The van der Waals surface area contributed by atoms with E-state index in [2.05, 4.69) is 10.2 Å². The Labute approximate surface area is 163 Å². The van der Waals surface area contributed by atoms with Gasteiger partial charge in [0.25, 0.3) is 0 Å². The Hall–Kier alpha value is -0.690. The smallest absolute Gasteiger partial charge is 0.222 e. The van der Waals surface area contributed by atoms with E-state index in [-0.39, 0.29) is 18.1 Å².